The van der Waals surface area contributed by atoms with Gasteiger partial charge in [-0.05, 0) is 25.8 Å². The van der Waals surface area contributed by atoms with Crippen LogP contribution in [0.2, 0.25) is 5.02 Å². The van der Waals surface area contributed by atoms with Crippen LogP contribution in [0.5, 0.6) is 11.5 Å². The van der Waals surface area contributed by atoms with Crippen molar-refractivity contribution in [3.63, 3.8) is 0 Å². The molecule has 0 saturated carbocycles. The van der Waals surface area contributed by atoms with E-state index in [0.717, 1.165) is 0 Å². The van der Waals surface area contributed by atoms with Gasteiger partial charge in [0.05, 0.1) is 24.8 Å². The van der Waals surface area contributed by atoms with Crippen molar-refractivity contribution in [2.45, 2.75) is 39.8 Å². The molecule has 7 nitrogen and oxygen atoms in total. The zero-order valence-corrected chi connectivity index (χ0v) is 16.1. The van der Waals surface area contributed by atoms with Crippen LogP contribution in [-0.2, 0) is 9.53 Å². The van der Waals surface area contributed by atoms with Crippen molar-refractivity contribution in [3.05, 3.63) is 34.0 Å². The number of hydrogen-bond acceptors (Lipinski definition) is 5. The van der Waals surface area contributed by atoms with E-state index in [-0.39, 0.29) is 34.7 Å². The molecule has 26 heavy (non-hydrogen) atoms. The molecule has 0 aliphatic carbocycles. The fourth-order valence-corrected chi connectivity index (χ4v) is 2.97. The molecule has 1 unspecified atom stereocenters. The lowest BCUT2D eigenvalue weighted by molar-refractivity contribution is -0.143. The second-order valence-corrected chi connectivity index (χ2v) is 6.95. The molecule has 2 amide bonds. The Morgan fingerprint density at radius 1 is 1.27 bits per heavy atom. The number of carbonyl (C=O) groups excluding carboxylic acids is 2. The minimum Gasteiger partial charge on any atom is -0.504 e. The van der Waals surface area contributed by atoms with Crippen molar-refractivity contribution < 1.29 is 24.2 Å². The number of rotatable bonds is 5. The van der Waals surface area contributed by atoms with E-state index in [1.807, 2.05) is 13.8 Å². The summed E-state index contributed by atoms with van der Waals surface area (Å²) in [5.74, 6) is -0.800. The summed E-state index contributed by atoms with van der Waals surface area (Å²) in [5, 5.41) is 16.1. The third kappa shape index (κ3) is 4.04. The van der Waals surface area contributed by atoms with Crippen LogP contribution in [0.15, 0.2) is 23.4 Å². The number of urea groups is 1. The number of allylic oxidation sites excluding steroid dienone is 1. The molecule has 0 saturated heterocycles. The van der Waals surface area contributed by atoms with Gasteiger partial charge >= 0.3 is 12.0 Å². The number of phenolic OH excluding ortho intramolecular Hbond substituents is 1. The molecule has 1 aromatic rings. The van der Waals surface area contributed by atoms with Crippen LogP contribution in [0.3, 0.4) is 0 Å². The van der Waals surface area contributed by atoms with E-state index in [4.69, 9.17) is 21.1 Å². The number of esters is 1. The Labute approximate surface area is 157 Å². The lowest BCUT2D eigenvalue weighted by Gasteiger charge is -2.31. The molecule has 142 valence electrons. The Morgan fingerprint density at radius 3 is 2.46 bits per heavy atom. The van der Waals surface area contributed by atoms with E-state index >= 15 is 0 Å². The zero-order chi connectivity index (χ0) is 19.6. The summed E-state index contributed by atoms with van der Waals surface area (Å²) in [6.07, 6.45) is -0.343. The Kier molecular flexibility index (Phi) is 6.02. The number of phenols is 1. The van der Waals surface area contributed by atoms with E-state index in [9.17, 15) is 14.7 Å². The summed E-state index contributed by atoms with van der Waals surface area (Å²) >= 11 is 6.12. The maximum atomic E-state index is 12.7. The zero-order valence-electron chi connectivity index (χ0n) is 15.3. The van der Waals surface area contributed by atoms with Gasteiger partial charge in [-0.15, -0.1) is 0 Å². The summed E-state index contributed by atoms with van der Waals surface area (Å²) in [7, 11) is 1.39. The number of ether oxygens (including phenoxy) is 2. The molecular weight excluding hydrogens is 360 g/mol. The first-order valence-corrected chi connectivity index (χ1v) is 8.62. The number of hydrogen-bond donors (Lipinski definition) is 3. The lowest BCUT2D eigenvalue weighted by Crippen LogP contribution is -2.47. The number of nitrogens with one attached hydrogen (secondary N) is 2. The predicted molar refractivity (Wildman–Crippen MR) is 97.2 cm³/mol. The number of aromatic hydroxyl groups is 1. The molecule has 0 bridgehead atoms. The summed E-state index contributed by atoms with van der Waals surface area (Å²) in [4.78, 5) is 24.9. The summed E-state index contributed by atoms with van der Waals surface area (Å²) in [5.41, 5.74) is 0.897. The highest BCUT2D eigenvalue weighted by Gasteiger charge is 2.37. The first-order valence-electron chi connectivity index (χ1n) is 8.24. The normalized spacial score (nSPS) is 17.2. The van der Waals surface area contributed by atoms with Gasteiger partial charge in [0.15, 0.2) is 11.5 Å². The number of carbonyl (C=O) groups is 2. The maximum Gasteiger partial charge on any atom is 0.338 e. The largest absolute Gasteiger partial charge is 0.504 e. The molecule has 1 aliphatic rings. The Bertz CT molecular complexity index is 758. The summed E-state index contributed by atoms with van der Waals surface area (Å²) in [6.45, 7) is 7.16. The Morgan fingerprint density at radius 2 is 1.92 bits per heavy atom. The molecule has 0 fully saturated rings. The minimum atomic E-state index is -0.931. The van der Waals surface area contributed by atoms with Gasteiger partial charge in [-0.3, -0.25) is 0 Å². The second kappa shape index (κ2) is 7.86. The molecule has 0 aromatic heterocycles. The number of amides is 2. The van der Waals surface area contributed by atoms with Crippen molar-refractivity contribution in [1.29, 1.82) is 0 Å². The third-order valence-corrected chi connectivity index (χ3v) is 4.06. The van der Waals surface area contributed by atoms with Crippen molar-refractivity contribution in [2.24, 2.45) is 5.92 Å². The first-order chi connectivity index (χ1) is 12.1. The van der Waals surface area contributed by atoms with Crippen LogP contribution in [0, 0.1) is 5.92 Å². The fourth-order valence-electron chi connectivity index (χ4n) is 2.75. The second-order valence-electron chi connectivity index (χ2n) is 6.51. The Balaban J connectivity index is 2.67. The van der Waals surface area contributed by atoms with E-state index in [1.165, 1.54) is 19.2 Å². The van der Waals surface area contributed by atoms with Gasteiger partial charge in [0.2, 0.25) is 0 Å². The molecular formula is C18H23ClN2O5. The average molecular weight is 383 g/mol. The van der Waals surface area contributed by atoms with Crippen LogP contribution >= 0.6 is 11.6 Å². The van der Waals surface area contributed by atoms with Crippen LogP contribution in [0.4, 0.5) is 4.79 Å². The van der Waals surface area contributed by atoms with Crippen LogP contribution in [-0.4, -0.2) is 30.3 Å². The van der Waals surface area contributed by atoms with Gasteiger partial charge in [0.25, 0.3) is 0 Å². The van der Waals surface area contributed by atoms with Crippen molar-refractivity contribution in [3.8, 4) is 11.5 Å². The molecule has 1 aromatic carbocycles. The number of halogens is 1. The molecule has 2 rings (SSSR count). The van der Waals surface area contributed by atoms with E-state index in [2.05, 4.69) is 10.6 Å². The minimum absolute atomic E-state index is 0.142. The molecule has 1 aliphatic heterocycles. The molecule has 1 atom stereocenters. The summed E-state index contributed by atoms with van der Waals surface area (Å²) < 4.78 is 10.5. The lowest BCUT2D eigenvalue weighted by atomic mass is 9.91. The quantitative estimate of drug-likeness (QED) is 0.679. The molecule has 3 N–H and O–H groups in total. The van der Waals surface area contributed by atoms with Crippen molar-refractivity contribution in [2.75, 3.05) is 7.11 Å². The van der Waals surface area contributed by atoms with Crippen molar-refractivity contribution >= 4 is 23.6 Å². The van der Waals surface area contributed by atoms with Crippen LogP contribution in [0.1, 0.15) is 39.3 Å². The number of methoxy groups -OCH3 is 1. The van der Waals surface area contributed by atoms with E-state index in [1.54, 1.807) is 13.8 Å². The standard InChI is InChI=1S/C18H23ClN2O5/c1-8(2)14-13(17(23)26-9(3)4)15(21-18(24)20-14)11-6-10(19)7-12(25-5)16(11)22/h6-9,15,22H,1-5H3,(H2,20,21,24). The topological polar surface area (TPSA) is 96.9 Å². The monoisotopic (exact) mass is 382 g/mol. The highest BCUT2D eigenvalue weighted by atomic mass is 35.5. The van der Waals surface area contributed by atoms with Crippen LogP contribution < -0.4 is 15.4 Å². The molecule has 0 radical (unpaired) electrons. The first kappa shape index (κ1) is 19.9. The summed E-state index contributed by atoms with van der Waals surface area (Å²) in [6, 6.07) is 1.51. The van der Waals surface area contributed by atoms with Gasteiger partial charge in [-0.2, -0.15) is 0 Å². The van der Waals surface area contributed by atoms with E-state index in [0.29, 0.717) is 10.7 Å². The fraction of sp³-hybridized carbons (Fsp3) is 0.444. The van der Waals surface area contributed by atoms with Gasteiger partial charge in [-0.1, -0.05) is 25.4 Å². The van der Waals surface area contributed by atoms with Crippen LogP contribution in [0.25, 0.3) is 0 Å². The van der Waals surface area contributed by atoms with Gasteiger partial charge in [0.1, 0.15) is 0 Å². The average Bonchev–Trinajstić information content (AvgIpc) is 2.54. The van der Waals surface area contributed by atoms with E-state index < -0.39 is 18.0 Å². The van der Waals surface area contributed by atoms with Gasteiger partial charge < -0.3 is 25.2 Å². The maximum absolute atomic E-state index is 12.7. The van der Waals surface area contributed by atoms with Gasteiger partial charge in [-0.25, -0.2) is 9.59 Å². The Hall–Kier alpha value is -2.41. The SMILES string of the molecule is COc1cc(Cl)cc(C2NC(=O)NC(C(C)C)=C2C(=O)OC(C)C)c1O. The smallest absolute Gasteiger partial charge is 0.338 e. The molecule has 8 heteroatoms. The highest BCUT2D eigenvalue weighted by Crippen LogP contribution is 2.41. The molecule has 0 spiro atoms. The number of benzene rings is 1. The van der Waals surface area contributed by atoms with Crippen molar-refractivity contribution in [1.82, 2.24) is 10.6 Å². The highest BCUT2D eigenvalue weighted by molar-refractivity contribution is 6.30. The molecule has 1 heterocycles. The van der Waals surface area contributed by atoms with Gasteiger partial charge in [0, 0.05) is 22.3 Å². The third-order valence-electron chi connectivity index (χ3n) is 3.84. The predicted octanol–water partition coefficient (Wildman–Crippen LogP) is 3.27.